The molecule has 0 spiro atoms. The van der Waals surface area contributed by atoms with E-state index < -0.39 is 30.7 Å². The number of hydrogen-bond donors (Lipinski definition) is 4. The summed E-state index contributed by atoms with van der Waals surface area (Å²) in [7, 11) is -4.39. The summed E-state index contributed by atoms with van der Waals surface area (Å²) in [5, 5.41) is 5.94. The predicted molar refractivity (Wildman–Crippen MR) is 81.2 cm³/mol. The van der Waals surface area contributed by atoms with Crippen molar-refractivity contribution < 1.29 is 32.7 Å². The van der Waals surface area contributed by atoms with Crippen LogP contribution in [0.25, 0.3) is 0 Å². The van der Waals surface area contributed by atoms with Gasteiger partial charge in [-0.15, -0.1) is 0 Å². The zero-order valence-electron chi connectivity index (χ0n) is 11.3. The third-order valence-corrected chi connectivity index (χ3v) is 3.38. The van der Waals surface area contributed by atoms with Crippen molar-refractivity contribution in [1.82, 2.24) is 0 Å². The number of carbonyl (C=O) groups excluding carboxylic acids is 1. The second-order valence-corrected chi connectivity index (χ2v) is 6.78. The van der Waals surface area contributed by atoms with Crippen LogP contribution in [0.5, 0.6) is 0 Å². The lowest BCUT2D eigenvalue weighted by Gasteiger charge is -2.06. The number of rotatable bonds is 8. The molecule has 11 heteroatoms. The van der Waals surface area contributed by atoms with Crippen LogP contribution in [-0.2, 0) is 25.3 Å². The van der Waals surface area contributed by atoms with Gasteiger partial charge in [-0.25, -0.2) is 4.21 Å². The molecule has 1 atom stereocenters. The number of anilines is 1. The van der Waals surface area contributed by atoms with Gasteiger partial charge < -0.3 is 24.5 Å². The van der Waals surface area contributed by atoms with Gasteiger partial charge in [-0.3, -0.25) is 9.36 Å². The smallest absolute Gasteiger partial charge is 0.334 e. The van der Waals surface area contributed by atoms with Crippen molar-refractivity contribution in [1.29, 1.82) is 0 Å². The largest absolute Gasteiger partial charge is 0.395 e. The van der Waals surface area contributed by atoms with E-state index in [1.165, 1.54) is 18.3 Å². The molecule has 0 fully saturated rings. The van der Waals surface area contributed by atoms with Crippen LogP contribution in [-0.4, -0.2) is 49.2 Å². The van der Waals surface area contributed by atoms with Gasteiger partial charge in [0, 0.05) is 5.69 Å². The summed E-state index contributed by atoms with van der Waals surface area (Å²) in [6.45, 7) is 0.0100. The lowest BCUT2D eigenvalue weighted by molar-refractivity contribution is -0.114. The molecule has 0 aliphatic carbocycles. The molecule has 0 bridgehead atoms. The second-order valence-electron chi connectivity index (χ2n) is 4.09. The van der Waals surface area contributed by atoms with Crippen LogP contribution in [0.2, 0.25) is 0 Å². The lowest BCUT2D eigenvalue weighted by atomic mass is 10.2. The molecule has 9 nitrogen and oxygen atoms in total. The Morgan fingerprint density at radius 1 is 1.36 bits per heavy atom. The van der Waals surface area contributed by atoms with E-state index in [1.54, 1.807) is 12.1 Å². The average Bonchev–Trinajstić information content (AvgIpc) is 2.37. The van der Waals surface area contributed by atoms with Crippen molar-refractivity contribution in [2.75, 3.05) is 23.8 Å². The number of oxime groups is 1. The third kappa shape index (κ3) is 8.65. The summed E-state index contributed by atoms with van der Waals surface area (Å²) < 4.78 is 29.5. The normalized spacial score (nSPS) is 13.0. The molecule has 0 aliphatic heterocycles. The summed E-state index contributed by atoms with van der Waals surface area (Å²) in [5.41, 5.74) is 1.03. The maximum absolute atomic E-state index is 11.3. The molecule has 1 unspecified atom stereocenters. The molecule has 1 amide bonds. The fourth-order valence-electron chi connectivity index (χ4n) is 1.30. The van der Waals surface area contributed by atoms with Crippen LogP contribution in [0.4, 0.5) is 5.69 Å². The van der Waals surface area contributed by atoms with Crippen molar-refractivity contribution >= 4 is 36.5 Å². The van der Waals surface area contributed by atoms with Gasteiger partial charge in [0.2, 0.25) is 5.91 Å². The van der Waals surface area contributed by atoms with E-state index >= 15 is 0 Å². The van der Waals surface area contributed by atoms with Gasteiger partial charge in [-0.05, 0) is 17.7 Å². The number of nitrogens with one attached hydrogen (secondary N) is 1. The first-order valence-electron chi connectivity index (χ1n) is 5.93. The molecule has 0 heterocycles. The fourth-order valence-corrected chi connectivity index (χ4v) is 1.97. The molecule has 122 valence electrons. The topological polar surface area (TPSA) is 146 Å². The number of amides is 1. The maximum atomic E-state index is 11.3. The van der Waals surface area contributed by atoms with Crippen molar-refractivity contribution in [3.63, 3.8) is 0 Å². The van der Waals surface area contributed by atoms with Gasteiger partial charge >= 0.3 is 7.60 Å². The molecule has 0 saturated carbocycles. The van der Waals surface area contributed by atoms with Gasteiger partial charge in [0.05, 0.1) is 12.0 Å². The number of hydrogen-bond acceptors (Lipinski definition) is 5. The number of carbonyl (C=O) groups is 1. The Labute approximate surface area is 128 Å². The molecule has 0 radical (unpaired) electrons. The first kappa shape index (κ1) is 18.5. The van der Waals surface area contributed by atoms with Crippen LogP contribution < -0.4 is 5.32 Å². The first-order valence-corrected chi connectivity index (χ1v) is 9.01. The Balaban J connectivity index is 2.46. The van der Waals surface area contributed by atoms with E-state index in [0.717, 1.165) is 0 Å². The molecular weight excluding hydrogens is 335 g/mol. The molecule has 4 N–H and O–H groups in total. The standard InChI is InChI=1S/C11H15N2O7PS/c14-11(8-21(15,16)17)13-10-3-1-9(2-4-10)7-12-20-5-6-22(18)19/h1-4,7H,5-6,8H2,(H,13,14)(H,18,19)(H2,15,16,17)/b12-7-. The van der Waals surface area contributed by atoms with Crippen molar-refractivity contribution in [2.45, 2.75) is 0 Å². The van der Waals surface area contributed by atoms with E-state index in [1.807, 2.05) is 0 Å². The van der Waals surface area contributed by atoms with Crippen LogP contribution in [0.3, 0.4) is 0 Å². The Hall–Kier alpha value is -1.58. The molecule has 0 aliphatic rings. The highest BCUT2D eigenvalue weighted by atomic mass is 32.2. The number of nitrogens with zero attached hydrogens (tertiary/aromatic N) is 1. The van der Waals surface area contributed by atoms with Crippen molar-refractivity contribution in [2.24, 2.45) is 5.16 Å². The van der Waals surface area contributed by atoms with E-state index in [4.69, 9.17) is 19.2 Å². The Morgan fingerprint density at radius 3 is 2.55 bits per heavy atom. The second kappa shape index (κ2) is 8.76. The molecule has 0 aromatic heterocycles. The minimum atomic E-state index is -4.39. The molecule has 22 heavy (non-hydrogen) atoms. The van der Waals surface area contributed by atoms with Gasteiger partial charge in [-0.2, -0.15) is 0 Å². The van der Waals surface area contributed by atoms with Crippen LogP contribution >= 0.6 is 7.60 Å². The average molecular weight is 350 g/mol. The minimum Gasteiger partial charge on any atom is -0.395 e. The zero-order valence-corrected chi connectivity index (χ0v) is 13.0. The lowest BCUT2D eigenvalue weighted by Crippen LogP contribution is -2.16. The van der Waals surface area contributed by atoms with E-state index in [0.29, 0.717) is 11.3 Å². The summed E-state index contributed by atoms with van der Waals surface area (Å²) in [5.74, 6) is -0.822. The van der Waals surface area contributed by atoms with Gasteiger partial charge in [0.1, 0.15) is 12.8 Å². The fraction of sp³-hybridized carbons (Fsp3) is 0.273. The summed E-state index contributed by atoms with van der Waals surface area (Å²) >= 11 is -1.92. The highest BCUT2D eigenvalue weighted by molar-refractivity contribution is 7.79. The van der Waals surface area contributed by atoms with Gasteiger partial charge in [-0.1, -0.05) is 17.3 Å². The molecule has 1 aromatic rings. The van der Waals surface area contributed by atoms with Crippen molar-refractivity contribution in [3.8, 4) is 0 Å². The SMILES string of the molecule is O=C(CP(=O)(O)O)Nc1ccc(/C=N\OCCS(=O)O)cc1. The van der Waals surface area contributed by atoms with Crippen LogP contribution in [0, 0.1) is 0 Å². The predicted octanol–water partition coefficient (Wildman–Crippen LogP) is 0.375. The Morgan fingerprint density at radius 2 is 2.00 bits per heavy atom. The van der Waals surface area contributed by atoms with E-state index in [9.17, 15) is 13.6 Å². The van der Waals surface area contributed by atoms with Crippen LogP contribution in [0.1, 0.15) is 5.56 Å². The maximum Gasteiger partial charge on any atom is 0.334 e. The molecular formula is C11H15N2O7PS. The Kier molecular flexibility index (Phi) is 7.36. The summed E-state index contributed by atoms with van der Waals surface area (Å²) in [4.78, 5) is 33.4. The van der Waals surface area contributed by atoms with Crippen molar-refractivity contribution in [3.05, 3.63) is 29.8 Å². The molecule has 0 saturated heterocycles. The van der Waals surface area contributed by atoms with E-state index in [2.05, 4.69) is 10.5 Å². The number of benzene rings is 1. The Bertz CT molecular complexity index is 599. The highest BCUT2D eigenvalue weighted by Crippen LogP contribution is 2.33. The summed E-state index contributed by atoms with van der Waals surface area (Å²) in [6.07, 6.45) is 0.498. The first-order chi connectivity index (χ1) is 10.3. The third-order valence-electron chi connectivity index (χ3n) is 2.17. The minimum absolute atomic E-state index is 0.0100. The molecule has 1 rings (SSSR count). The highest BCUT2D eigenvalue weighted by Gasteiger charge is 2.18. The zero-order chi connectivity index (χ0) is 16.6. The van der Waals surface area contributed by atoms with Gasteiger partial charge in [0.25, 0.3) is 0 Å². The quantitative estimate of drug-likeness (QED) is 0.174. The van der Waals surface area contributed by atoms with Gasteiger partial charge in [0.15, 0.2) is 11.1 Å². The van der Waals surface area contributed by atoms with Crippen LogP contribution in [0.15, 0.2) is 29.4 Å². The molecule has 1 aromatic carbocycles. The monoisotopic (exact) mass is 350 g/mol. The summed E-state index contributed by atoms with van der Waals surface area (Å²) in [6, 6.07) is 6.26. The van der Waals surface area contributed by atoms with E-state index in [-0.39, 0.29) is 12.4 Å².